The Hall–Kier alpha value is -1.39. The van der Waals surface area contributed by atoms with Gasteiger partial charge in [0.15, 0.2) is 0 Å². The van der Waals surface area contributed by atoms with E-state index < -0.39 is 0 Å². The van der Waals surface area contributed by atoms with E-state index in [1.54, 1.807) is 4.90 Å². The van der Waals surface area contributed by atoms with Gasteiger partial charge in [-0.1, -0.05) is 30.3 Å². The van der Waals surface area contributed by atoms with E-state index in [9.17, 15) is 9.90 Å². The molecule has 2 rings (SSSR count). The number of likely N-dealkylation sites (N-methyl/N-ethyl adjacent to an activating group) is 1. The van der Waals surface area contributed by atoms with Gasteiger partial charge in [-0.15, -0.1) is 0 Å². The molecule has 20 heavy (non-hydrogen) atoms. The minimum Gasteiger partial charge on any atom is -0.393 e. The van der Waals surface area contributed by atoms with Gasteiger partial charge in [0.1, 0.15) is 0 Å². The zero-order valence-corrected chi connectivity index (χ0v) is 12.3. The van der Waals surface area contributed by atoms with Gasteiger partial charge in [-0.3, -0.25) is 9.69 Å². The maximum Gasteiger partial charge on any atom is 0.236 e. The molecule has 0 aromatic heterocycles. The van der Waals surface area contributed by atoms with Crippen molar-refractivity contribution in [3.63, 3.8) is 0 Å². The van der Waals surface area contributed by atoms with Crippen LogP contribution >= 0.6 is 0 Å². The summed E-state index contributed by atoms with van der Waals surface area (Å²) in [6.07, 6.45) is 0.699. The lowest BCUT2D eigenvalue weighted by atomic mass is 10.0. The van der Waals surface area contributed by atoms with Crippen molar-refractivity contribution in [1.82, 2.24) is 9.80 Å². The van der Waals surface area contributed by atoms with E-state index in [1.165, 1.54) is 0 Å². The molecular formula is C16H24N2O2. The van der Waals surface area contributed by atoms with E-state index in [0.717, 1.165) is 25.1 Å². The van der Waals surface area contributed by atoms with Gasteiger partial charge in [0.25, 0.3) is 0 Å². The van der Waals surface area contributed by atoms with Crippen LogP contribution in [-0.2, 0) is 11.3 Å². The van der Waals surface area contributed by atoms with Crippen molar-refractivity contribution in [1.29, 1.82) is 0 Å². The van der Waals surface area contributed by atoms with Crippen molar-refractivity contribution < 1.29 is 9.90 Å². The van der Waals surface area contributed by atoms with Gasteiger partial charge in [0.2, 0.25) is 5.91 Å². The summed E-state index contributed by atoms with van der Waals surface area (Å²) in [6.45, 7) is 4.65. The summed E-state index contributed by atoms with van der Waals surface area (Å²) in [7, 11) is 1.84. The molecule has 0 radical (unpaired) electrons. The number of carbonyl (C=O) groups is 1. The van der Waals surface area contributed by atoms with Crippen molar-refractivity contribution in [2.45, 2.75) is 26.0 Å². The highest BCUT2D eigenvalue weighted by atomic mass is 16.3. The van der Waals surface area contributed by atoms with Gasteiger partial charge in [0, 0.05) is 20.1 Å². The summed E-state index contributed by atoms with van der Waals surface area (Å²) in [5.74, 6) is 0.447. The quantitative estimate of drug-likeness (QED) is 0.883. The van der Waals surface area contributed by atoms with E-state index in [4.69, 9.17) is 0 Å². The Morgan fingerprint density at radius 3 is 2.75 bits per heavy atom. The van der Waals surface area contributed by atoms with Crippen LogP contribution in [0.15, 0.2) is 30.3 Å². The van der Waals surface area contributed by atoms with Crippen LogP contribution in [-0.4, -0.2) is 53.6 Å². The molecule has 1 aliphatic rings. The number of carbonyl (C=O) groups excluding carboxylic acids is 1. The molecule has 4 nitrogen and oxygen atoms in total. The van der Waals surface area contributed by atoms with Gasteiger partial charge >= 0.3 is 0 Å². The van der Waals surface area contributed by atoms with E-state index in [-0.39, 0.29) is 12.0 Å². The predicted octanol–water partition coefficient (Wildman–Crippen LogP) is 1.35. The second-order valence-corrected chi connectivity index (χ2v) is 5.76. The number of hydrogen-bond donors (Lipinski definition) is 1. The molecule has 1 aromatic carbocycles. The minimum absolute atomic E-state index is 0.139. The summed E-state index contributed by atoms with van der Waals surface area (Å²) in [5.41, 5.74) is 1.15. The highest BCUT2D eigenvalue weighted by Crippen LogP contribution is 2.19. The zero-order valence-electron chi connectivity index (χ0n) is 12.3. The molecule has 0 aliphatic carbocycles. The van der Waals surface area contributed by atoms with Crippen LogP contribution in [0.5, 0.6) is 0 Å². The fourth-order valence-electron chi connectivity index (χ4n) is 2.66. The molecular weight excluding hydrogens is 252 g/mol. The Morgan fingerprint density at radius 1 is 1.45 bits per heavy atom. The number of aliphatic hydroxyl groups is 1. The molecule has 2 unspecified atom stereocenters. The van der Waals surface area contributed by atoms with E-state index in [1.807, 2.05) is 44.3 Å². The Bertz CT molecular complexity index is 433. The number of amides is 1. The first-order valence-electron chi connectivity index (χ1n) is 7.24. The molecule has 1 aliphatic heterocycles. The van der Waals surface area contributed by atoms with Gasteiger partial charge < -0.3 is 10.0 Å². The number of likely N-dealkylation sites (tertiary alicyclic amines) is 1. The molecule has 1 aromatic rings. The summed E-state index contributed by atoms with van der Waals surface area (Å²) in [6, 6.07) is 10.0. The Labute approximate surface area is 121 Å². The number of hydrogen-bond acceptors (Lipinski definition) is 3. The lowest BCUT2D eigenvalue weighted by Crippen LogP contribution is -2.37. The van der Waals surface area contributed by atoms with Crippen LogP contribution in [0.25, 0.3) is 0 Å². The first kappa shape index (κ1) is 15.0. The van der Waals surface area contributed by atoms with Gasteiger partial charge in [0.05, 0.1) is 12.6 Å². The summed E-state index contributed by atoms with van der Waals surface area (Å²) in [5, 5.41) is 9.59. The monoisotopic (exact) mass is 276 g/mol. The lowest BCUT2D eigenvalue weighted by Gasteiger charge is -2.22. The maximum absolute atomic E-state index is 12.2. The van der Waals surface area contributed by atoms with E-state index in [0.29, 0.717) is 19.0 Å². The van der Waals surface area contributed by atoms with Crippen LogP contribution in [0.1, 0.15) is 18.9 Å². The topological polar surface area (TPSA) is 43.8 Å². The predicted molar refractivity (Wildman–Crippen MR) is 79.1 cm³/mol. The molecule has 1 amide bonds. The molecule has 110 valence electrons. The zero-order chi connectivity index (χ0) is 14.5. The molecule has 2 atom stereocenters. The summed E-state index contributed by atoms with van der Waals surface area (Å²) >= 11 is 0. The van der Waals surface area contributed by atoms with Crippen molar-refractivity contribution in [2.75, 3.05) is 26.7 Å². The molecule has 0 saturated carbocycles. The van der Waals surface area contributed by atoms with E-state index >= 15 is 0 Å². The molecule has 1 N–H and O–H groups in total. The van der Waals surface area contributed by atoms with Gasteiger partial charge in [-0.25, -0.2) is 0 Å². The van der Waals surface area contributed by atoms with Crippen LogP contribution in [0.4, 0.5) is 0 Å². The molecule has 0 bridgehead atoms. The van der Waals surface area contributed by atoms with Gasteiger partial charge in [-0.2, -0.15) is 0 Å². The van der Waals surface area contributed by atoms with Gasteiger partial charge in [-0.05, 0) is 31.4 Å². The molecule has 1 saturated heterocycles. The fourth-order valence-corrected chi connectivity index (χ4v) is 2.66. The minimum atomic E-state index is -0.280. The first-order chi connectivity index (χ1) is 9.56. The molecule has 1 heterocycles. The van der Waals surface area contributed by atoms with Crippen LogP contribution in [0.3, 0.4) is 0 Å². The second kappa shape index (κ2) is 6.86. The average molecular weight is 276 g/mol. The van der Waals surface area contributed by atoms with Crippen molar-refractivity contribution in [2.24, 2.45) is 5.92 Å². The molecule has 4 heteroatoms. The Kier molecular flexibility index (Phi) is 5.15. The number of aliphatic hydroxyl groups excluding tert-OH is 1. The number of rotatable bonds is 5. The SMILES string of the molecule is CC(O)C1CCN(CC(=O)N(C)Cc2ccccc2)C1. The Morgan fingerprint density at radius 2 is 2.15 bits per heavy atom. The van der Waals surface area contributed by atoms with Crippen LogP contribution in [0.2, 0.25) is 0 Å². The smallest absolute Gasteiger partial charge is 0.236 e. The number of benzene rings is 1. The third-order valence-electron chi connectivity index (χ3n) is 4.04. The van der Waals surface area contributed by atoms with Crippen LogP contribution in [0, 0.1) is 5.92 Å². The van der Waals surface area contributed by atoms with Crippen molar-refractivity contribution in [3.05, 3.63) is 35.9 Å². The lowest BCUT2D eigenvalue weighted by molar-refractivity contribution is -0.131. The third kappa shape index (κ3) is 4.05. The maximum atomic E-state index is 12.2. The largest absolute Gasteiger partial charge is 0.393 e. The standard InChI is InChI=1S/C16H24N2O2/c1-13(19)15-8-9-18(11-15)12-16(20)17(2)10-14-6-4-3-5-7-14/h3-7,13,15,19H,8-12H2,1-2H3. The van der Waals surface area contributed by atoms with Crippen LogP contribution < -0.4 is 0 Å². The fraction of sp³-hybridized carbons (Fsp3) is 0.562. The summed E-state index contributed by atoms with van der Waals surface area (Å²) < 4.78 is 0. The summed E-state index contributed by atoms with van der Waals surface area (Å²) in [4.78, 5) is 16.1. The normalized spacial score (nSPS) is 20.9. The second-order valence-electron chi connectivity index (χ2n) is 5.76. The average Bonchev–Trinajstić information content (AvgIpc) is 2.88. The van der Waals surface area contributed by atoms with Crippen molar-refractivity contribution in [3.8, 4) is 0 Å². The van der Waals surface area contributed by atoms with E-state index in [2.05, 4.69) is 4.90 Å². The number of nitrogens with zero attached hydrogens (tertiary/aromatic N) is 2. The third-order valence-corrected chi connectivity index (χ3v) is 4.04. The first-order valence-corrected chi connectivity index (χ1v) is 7.24. The highest BCUT2D eigenvalue weighted by molar-refractivity contribution is 5.78. The molecule has 1 fully saturated rings. The molecule has 0 spiro atoms. The Balaban J connectivity index is 1.80. The highest BCUT2D eigenvalue weighted by Gasteiger charge is 2.27. The van der Waals surface area contributed by atoms with Crippen molar-refractivity contribution >= 4 is 5.91 Å².